The van der Waals surface area contributed by atoms with Gasteiger partial charge in [-0.15, -0.1) is 0 Å². The Morgan fingerprint density at radius 2 is 1.56 bits per heavy atom. The van der Waals surface area contributed by atoms with Crippen molar-refractivity contribution in [3.63, 3.8) is 0 Å². The van der Waals surface area contributed by atoms with E-state index in [0.29, 0.717) is 23.9 Å². The van der Waals surface area contributed by atoms with Crippen molar-refractivity contribution < 1.29 is 4.74 Å². The molecule has 3 nitrogen and oxygen atoms in total. The van der Waals surface area contributed by atoms with Gasteiger partial charge in [0.1, 0.15) is 18.2 Å². The number of aromatic nitrogens is 2. The Morgan fingerprint density at radius 3 is 2.40 bits per heavy atom. The predicted octanol–water partition coefficient (Wildman–Crippen LogP) is 5.44. The molecule has 4 aromatic rings. The Bertz CT molecular complexity index is 995. The zero-order valence-electron chi connectivity index (χ0n) is 13.6. The van der Waals surface area contributed by atoms with Crippen LogP contribution >= 0.6 is 11.6 Å². The summed E-state index contributed by atoms with van der Waals surface area (Å²) in [5, 5.41) is 0.626. The van der Waals surface area contributed by atoms with Crippen LogP contribution in [0, 0.1) is 0 Å². The SMILES string of the molecule is Clc1ccccc1OCCn1c(-c2ccccc2)nc2ccccc21. The second-order valence-corrected chi connectivity index (χ2v) is 6.13. The smallest absolute Gasteiger partial charge is 0.141 e. The van der Waals surface area contributed by atoms with Crippen molar-refractivity contribution in [3.05, 3.63) is 83.9 Å². The van der Waals surface area contributed by atoms with E-state index in [2.05, 4.69) is 22.8 Å². The first-order valence-electron chi connectivity index (χ1n) is 8.21. The molecule has 0 aliphatic heterocycles. The van der Waals surface area contributed by atoms with Gasteiger partial charge in [-0.3, -0.25) is 0 Å². The number of imidazole rings is 1. The van der Waals surface area contributed by atoms with Crippen LogP contribution in [-0.4, -0.2) is 16.2 Å². The molecule has 0 aliphatic rings. The molecule has 0 bridgehead atoms. The van der Waals surface area contributed by atoms with Crippen LogP contribution in [-0.2, 0) is 6.54 Å². The topological polar surface area (TPSA) is 27.1 Å². The van der Waals surface area contributed by atoms with Crippen LogP contribution in [0.25, 0.3) is 22.4 Å². The maximum absolute atomic E-state index is 6.16. The Labute approximate surface area is 151 Å². The summed E-state index contributed by atoms with van der Waals surface area (Å²) in [5.41, 5.74) is 3.18. The monoisotopic (exact) mass is 348 g/mol. The van der Waals surface area contributed by atoms with Crippen molar-refractivity contribution in [1.82, 2.24) is 9.55 Å². The molecule has 0 atom stereocenters. The van der Waals surface area contributed by atoms with Crippen LogP contribution in [0.2, 0.25) is 5.02 Å². The second-order valence-electron chi connectivity index (χ2n) is 5.72. The molecule has 0 saturated heterocycles. The first-order chi connectivity index (χ1) is 12.3. The minimum absolute atomic E-state index is 0.518. The highest BCUT2D eigenvalue weighted by Crippen LogP contribution is 2.26. The van der Waals surface area contributed by atoms with Gasteiger partial charge in [-0.2, -0.15) is 0 Å². The maximum atomic E-state index is 6.16. The van der Waals surface area contributed by atoms with Crippen molar-refractivity contribution in [2.75, 3.05) is 6.61 Å². The van der Waals surface area contributed by atoms with E-state index in [1.165, 1.54) is 0 Å². The number of nitrogens with zero attached hydrogens (tertiary/aromatic N) is 2. The molecule has 124 valence electrons. The molecule has 1 heterocycles. The molecular weight excluding hydrogens is 332 g/mol. The van der Waals surface area contributed by atoms with Gasteiger partial charge in [0.05, 0.1) is 22.6 Å². The zero-order valence-corrected chi connectivity index (χ0v) is 14.4. The fourth-order valence-electron chi connectivity index (χ4n) is 2.92. The molecule has 0 unspecified atom stereocenters. The summed E-state index contributed by atoms with van der Waals surface area (Å²) < 4.78 is 8.07. The third-order valence-electron chi connectivity index (χ3n) is 4.10. The zero-order chi connectivity index (χ0) is 17.1. The van der Waals surface area contributed by atoms with E-state index in [1.807, 2.05) is 60.7 Å². The molecule has 0 amide bonds. The van der Waals surface area contributed by atoms with E-state index in [9.17, 15) is 0 Å². The largest absolute Gasteiger partial charge is 0.490 e. The number of hydrogen-bond acceptors (Lipinski definition) is 2. The molecule has 4 rings (SSSR count). The summed E-state index contributed by atoms with van der Waals surface area (Å²) >= 11 is 6.16. The average molecular weight is 349 g/mol. The number of fused-ring (bicyclic) bond motifs is 1. The van der Waals surface area contributed by atoms with Gasteiger partial charge in [0.25, 0.3) is 0 Å². The predicted molar refractivity (Wildman–Crippen MR) is 102 cm³/mol. The van der Waals surface area contributed by atoms with Crippen LogP contribution in [0.15, 0.2) is 78.9 Å². The molecule has 0 fully saturated rings. The summed E-state index contributed by atoms with van der Waals surface area (Å²) in [5.74, 6) is 1.65. The Kier molecular flexibility index (Phi) is 4.40. The van der Waals surface area contributed by atoms with Crippen LogP contribution < -0.4 is 4.74 Å². The number of benzene rings is 3. The first kappa shape index (κ1) is 15.7. The van der Waals surface area contributed by atoms with Crippen molar-refractivity contribution in [2.24, 2.45) is 0 Å². The van der Waals surface area contributed by atoms with Crippen molar-refractivity contribution in [1.29, 1.82) is 0 Å². The number of ether oxygens (including phenoxy) is 1. The lowest BCUT2D eigenvalue weighted by atomic mass is 10.2. The Balaban J connectivity index is 1.65. The highest BCUT2D eigenvalue weighted by molar-refractivity contribution is 6.32. The Morgan fingerprint density at radius 1 is 0.840 bits per heavy atom. The van der Waals surface area contributed by atoms with Gasteiger partial charge in [-0.1, -0.05) is 66.2 Å². The fourth-order valence-corrected chi connectivity index (χ4v) is 3.11. The first-order valence-corrected chi connectivity index (χ1v) is 8.59. The maximum Gasteiger partial charge on any atom is 0.141 e. The number of halogens is 1. The average Bonchev–Trinajstić information content (AvgIpc) is 3.03. The van der Waals surface area contributed by atoms with Gasteiger partial charge in [-0.25, -0.2) is 4.98 Å². The van der Waals surface area contributed by atoms with E-state index in [1.54, 1.807) is 0 Å². The molecule has 1 aromatic heterocycles. The van der Waals surface area contributed by atoms with Gasteiger partial charge >= 0.3 is 0 Å². The molecule has 0 saturated carbocycles. The van der Waals surface area contributed by atoms with Crippen LogP contribution in [0.4, 0.5) is 0 Å². The quantitative estimate of drug-likeness (QED) is 0.480. The van der Waals surface area contributed by atoms with Crippen LogP contribution in [0.5, 0.6) is 5.75 Å². The number of rotatable bonds is 5. The number of para-hydroxylation sites is 3. The third kappa shape index (κ3) is 3.24. The van der Waals surface area contributed by atoms with Crippen molar-refractivity contribution >= 4 is 22.6 Å². The summed E-state index contributed by atoms with van der Waals surface area (Å²) in [6.45, 7) is 1.21. The van der Waals surface area contributed by atoms with Gasteiger partial charge < -0.3 is 9.30 Å². The second kappa shape index (κ2) is 6.99. The molecular formula is C21H17ClN2O. The standard InChI is InChI=1S/C21H17ClN2O/c22-17-10-4-7-13-20(17)25-15-14-24-19-12-6-5-11-18(19)23-21(24)16-8-2-1-3-9-16/h1-13H,14-15H2. The van der Waals surface area contributed by atoms with Gasteiger partial charge in [-0.05, 0) is 24.3 Å². The fraction of sp³-hybridized carbons (Fsp3) is 0.0952. The molecule has 0 aliphatic carbocycles. The lowest BCUT2D eigenvalue weighted by Gasteiger charge is -2.11. The van der Waals surface area contributed by atoms with E-state index < -0.39 is 0 Å². The lowest BCUT2D eigenvalue weighted by Crippen LogP contribution is -2.09. The van der Waals surface area contributed by atoms with Gasteiger partial charge in [0.2, 0.25) is 0 Å². The summed E-state index contributed by atoms with van der Waals surface area (Å²) in [4.78, 5) is 4.81. The van der Waals surface area contributed by atoms with E-state index in [0.717, 1.165) is 22.4 Å². The summed E-state index contributed by atoms with van der Waals surface area (Å²) in [7, 11) is 0. The van der Waals surface area contributed by atoms with E-state index >= 15 is 0 Å². The molecule has 0 N–H and O–H groups in total. The minimum Gasteiger partial charge on any atom is -0.490 e. The van der Waals surface area contributed by atoms with Crippen molar-refractivity contribution in [3.8, 4) is 17.1 Å². The molecule has 4 heteroatoms. The third-order valence-corrected chi connectivity index (χ3v) is 4.41. The van der Waals surface area contributed by atoms with Gasteiger partial charge in [0.15, 0.2) is 0 Å². The summed E-state index contributed by atoms with van der Waals surface area (Å²) in [6.07, 6.45) is 0. The molecule has 3 aromatic carbocycles. The molecule has 25 heavy (non-hydrogen) atoms. The van der Waals surface area contributed by atoms with Crippen molar-refractivity contribution in [2.45, 2.75) is 6.54 Å². The van der Waals surface area contributed by atoms with E-state index in [4.69, 9.17) is 21.3 Å². The van der Waals surface area contributed by atoms with Crippen LogP contribution in [0.3, 0.4) is 0 Å². The normalized spacial score (nSPS) is 10.9. The summed E-state index contributed by atoms with van der Waals surface area (Å²) in [6, 6.07) is 25.9. The molecule has 0 spiro atoms. The lowest BCUT2D eigenvalue weighted by molar-refractivity contribution is 0.301. The minimum atomic E-state index is 0.518. The highest BCUT2D eigenvalue weighted by Gasteiger charge is 2.12. The van der Waals surface area contributed by atoms with Gasteiger partial charge in [0, 0.05) is 5.56 Å². The van der Waals surface area contributed by atoms with Crippen LogP contribution in [0.1, 0.15) is 0 Å². The highest BCUT2D eigenvalue weighted by atomic mass is 35.5. The van der Waals surface area contributed by atoms with E-state index in [-0.39, 0.29) is 0 Å². The number of hydrogen-bond donors (Lipinski definition) is 0. The molecule has 0 radical (unpaired) electrons. The Hall–Kier alpha value is -2.78.